The van der Waals surface area contributed by atoms with E-state index in [0.29, 0.717) is 5.69 Å². The van der Waals surface area contributed by atoms with Crippen molar-refractivity contribution in [3.63, 3.8) is 0 Å². The van der Waals surface area contributed by atoms with Crippen LogP contribution in [0.3, 0.4) is 0 Å². The average molecular weight is 460 g/mol. The van der Waals surface area contributed by atoms with Crippen molar-refractivity contribution < 1.29 is 9.59 Å². The van der Waals surface area contributed by atoms with Gasteiger partial charge in [0.1, 0.15) is 9.75 Å². The number of benzene rings is 1. The Labute approximate surface area is 173 Å². The van der Waals surface area contributed by atoms with Gasteiger partial charge in [0.05, 0.1) is 27.6 Å². The van der Waals surface area contributed by atoms with E-state index in [2.05, 4.69) is 0 Å². The lowest BCUT2D eigenvalue weighted by Gasteiger charge is -2.34. The fourth-order valence-electron chi connectivity index (χ4n) is 3.94. The number of amides is 2. The quantitative estimate of drug-likeness (QED) is 0.440. The third-order valence-corrected chi connectivity index (χ3v) is 9.46. The molecule has 1 saturated heterocycles. The minimum atomic E-state index is -1.91. The minimum Gasteiger partial charge on any atom is -0.274 e. The summed E-state index contributed by atoms with van der Waals surface area (Å²) in [6, 6.07) is 6.91. The number of imide groups is 1. The fraction of sp³-hybridized carbons (Fsp3) is 0.375. The van der Waals surface area contributed by atoms with Crippen LogP contribution in [-0.2, 0) is 9.59 Å². The average Bonchev–Trinajstić information content (AvgIpc) is 2.94. The van der Waals surface area contributed by atoms with Crippen LogP contribution >= 0.6 is 69.6 Å². The summed E-state index contributed by atoms with van der Waals surface area (Å²) in [5.74, 6) is -3.32. The third-order valence-electron chi connectivity index (χ3n) is 5.20. The van der Waals surface area contributed by atoms with Gasteiger partial charge in [0.25, 0.3) is 0 Å². The van der Waals surface area contributed by atoms with E-state index >= 15 is 0 Å². The number of anilines is 1. The molecule has 2 aliphatic carbocycles. The number of rotatable bonds is 1. The van der Waals surface area contributed by atoms with Gasteiger partial charge in [-0.3, -0.25) is 9.59 Å². The smallest absolute Gasteiger partial charge is 0.240 e. The predicted octanol–water partition coefficient (Wildman–Crippen LogP) is 4.95. The normalized spacial score (nSPS) is 38.8. The van der Waals surface area contributed by atoms with E-state index < -0.39 is 37.7 Å². The van der Waals surface area contributed by atoms with E-state index in [0.717, 1.165) is 10.5 Å². The molecule has 1 aromatic carbocycles. The second-order valence-electron chi connectivity index (χ2n) is 6.43. The van der Waals surface area contributed by atoms with Gasteiger partial charge in [-0.05, 0) is 19.1 Å². The largest absolute Gasteiger partial charge is 0.274 e. The van der Waals surface area contributed by atoms with Gasteiger partial charge in [-0.25, -0.2) is 4.90 Å². The number of carbonyl (C=O) groups excluding carboxylic acids is 2. The molecule has 2 fully saturated rings. The maximum atomic E-state index is 13.1. The number of fused-ring (bicyclic) bond motifs is 5. The molecule has 132 valence electrons. The molecule has 0 radical (unpaired) electrons. The third kappa shape index (κ3) is 1.78. The minimum absolute atomic E-state index is 0.0935. The topological polar surface area (TPSA) is 37.4 Å². The molecule has 1 aromatic rings. The molecule has 3 aliphatic rings. The van der Waals surface area contributed by atoms with Crippen LogP contribution in [0, 0.1) is 18.8 Å². The van der Waals surface area contributed by atoms with Crippen LogP contribution in [0.25, 0.3) is 0 Å². The Balaban J connectivity index is 1.90. The Bertz CT molecular complexity index is 820. The number of aryl methyl sites for hydroxylation is 1. The summed E-state index contributed by atoms with van der Waals surface area (Å²) >= 11 is 38.6. The molecule has 0 N–H and O–H groups in total. The number of nitrogens with zero attached hydrogens (tertiary/aromatic N) is 1. The van der Waals surface area contributed by atoms with E-state index in [1.807, 2.05) is 6.92 Å². The summed E-state index contributed by atoms with van der Waals surface area (Å²) in [5.41, 5.74) is 1.40. The molecule has 4 rings (SSSR count). The number of allylic oxidation sites excluding steroid dienone is 2. The van der Waals surface area contributed by atoms with Crippen molar-refractivity contribution >= 4 is 87.1 Å². The van der Waals surface area contributed by atoms with E-state index in [1.165, 1.54) is 0 Å². The van der Waals surface area contributed by atoms with Gasteiger partial charge in [0, 0.05) is 0 Å². The molecule has 4 atom stereocenters. The van der Waals surface area contributed by atoms with Gasteiger partial charge in [-0.1, -0.05) is 64.1 Å². The zero-order valence-corrected chi connectivity index (χ0v) is 17.0. The molecule has 0 unspecified atom stereocenters. The van der Waals surface area contributed by atoms with Crippen LogP contribution in [0.1, 0.15) is 5.56 Å². The molecule has 0 aromatic heterocycles. The van der Waals surface area contributed by atoms with Gasteiger partial charge in [0.15, 0.2) is 4.33 Å². The Morgan fingerprint density at radius 2 is 1.24 bits per heavy atom. The lowest BCUT2D eigenvalue weighted by molar-refractivity contribution is -0.123. The van der Waals surface area contributed by atoms with E-state index in [9.17, 15) is 9.59 Å². The molecular formula is C16H9Cl6NO2. The number of hydrogen-bond donors (Lipinski definition) is 0. The van der Waals surface area contributed by atoms with Crippen LogP contribution < -0.4 is 4.90 Å². The van der Waals surface area contributed by atoms with Gasteiger partial charge in [-0.15, -0.1) is 23.2 Å². The van der Waals surface area contributed by atoms with Gasteiger partial charge in [0.2, 0.25) is 11.8 Å². The molecule has 25 heavy (non-hydrogen) atoms. The van der Waals surface area contributed by atoms with Gasteiger partial charge in [-0.2, -0.15) is 0 Å². The zero-order chi connectivity index (χ0) is 18.5. The molecule has 2 bridgehead atoms. The highest BCUT2D eigenvalue weighted by Gasteiger charge is 2.87. The van der Waals surface area contributed by atoms with E-state index in [1.54, 1.807) is 24.3 Å². The van der Waals surface area contributed by atoms with Crippen molar-refractivity contribution in [3.8, 4) is 0 Å². The number of carbonyl (C=O) groups is 2. The summed E-state index contributed by atoms with van der Waals surface area (Å²) in [6.45, 7) is 1.90. The van der Waals surface area contributed by atoms with Crippen molar-refractivity contribution in [2.75, 3.05) is 4.90 Å². The Hall–Kier alpha value is -0.160. The number of alkyl halides is 4. The van der Waals surface area contributed by atoms with E-state index in [4.69, 9.17) is 69.6 Å². The standard InChI is InChI=1S/C16H9Cl6NO2/c1-6-2-4-7(5-3-6)23-12(24)8-9(13(23)25)15(20)11(18)10(17)14(8,19)16(15,21)22/h2-5,8-9H,1H3/t8-,9-,14-,15-/m1/s1. The van der Waals surface area contributed by atoms with Crippen LogP contribution in [0.15, 0.2) is 34.3 Å². The molecule has 9 heteroatoms. The summed E-state index contributed by atoms with van der Waals surface area (Å²) in [6.07, 6.45) is 0. The highest BCUT2D eigenvalue weighted by atomic mass is 35.5. The first-order valence-corrected chi connectivity index (χ1v) is 9.54. The first kappa shape index (κ1) is 18.2. The number of hydrogen-bond acceptors (Lipinski definition) is 2. The summed E-state index contributed by atoms with van der Waals surface area (Å²) < 4.78 is -1.91. The lowest BCUT2D eigenvalue weighted by Crippen LogP contribution is -2.50. The molecular weight excluding hydrogens is 451 g/mol. The molecule has 1 heterocycles. The van der Waals surface area contributed by atoms with Crippen LogP contribution in [0.2, 0.25) is 0 Å². The highest BCUT2D eigenvalue weighted by Crippen LogP contribution is 2.77. The van der Waals surface area contributed by atoms with Crippen LogP contribution in [-0.4, -0.2) is 25.9 Å². The maximum absolute atomic E-state index is 13.1. The Kier molecular flexibility index (Phi) is 3.80. The van der Waals surface area contributed by atoms with E-state index in [-0.39, 0.29) is 10.1 Å². The predicted molar refractivity (Wildman–Crippen MR) is 101 cm³/mol. The SMILES string of the molecule is Cc1ccc(N2C(=O)[C@H]3[C@H](C2=O)[C@@]2(Cl)C(Cl)=C(Cl)[C@@]3(Cl)C2(Cl)Cl)cc1. The highest BCUT2D eigenvalue weighted by molar-refractivity contribution is 6.67. The second-order valence-corrected chi connectivity index (χ2v) is 9.70. The number of halogens is 6. The van der Waals surface area contributed by atoms with Crippen molar-refractivity contribution in [2.45, 2.75) is 21.0 Å². The maximum Gasteiger partial charge on any atom is 0.240 e. The molecule has 0 spiro atoms. The molecule has 3 nitrogen and oxygen atoms in total. The lowest BCUT2D eigenvalue weighted by atomic mass is 9.84. The summed E-state index contributed by atoms with van der Waals surface area (Å²) in [4.78, 5) is 23.7. The molecule has 1 aliphatic heterocycles. The second kappa shape index (κ2) is 5.21. The first-order chi connectivity index (χ1) is 11.5. The van der Waals surface area contributed by atoms with Gasteiger partial charge < -0.3 is 0 Å². The monoisotopic (exact) mass is 457 g/mol. The van der Waals surface area contributed by atoms with Crippen LogP contribution in [0.5, 0.6) is 0 Å². The van der Waals surface area contributed by atoms with Crippen LogP contribution in [0.4, 0.5) is 5.69 Å². The summed E-state index contributed by atoms with van der Waals surface area (Å²) in [7, 11) is 0. The Morgan fingerprint density at radius 1 is 0.840 bits per heavy atom. The van der Waals surface area contributed by atoms with Gasteiger partial charge >= 0.3 is 0 Å². The van der Waals surface area contributed by atoms with Crippen molar-refractivity contribution in [3.05, 3.63) is 39.9 Å². The summed E-state index contributed by atoms with van der Waals surface area (Å²) in [5, 5.41) is -0.187. The van der Waals surface area contributed by atoms with Crippen molar-refractivity contribution in [1.82, 2.24) is 0 Å². The molecule has 2 amide bonds. The Morgan fingerprint density at radius 3 is 1.64 bits per heavy atom. The zero-order valence-electron chi connectivity index (χ0n) is 12.5. The molecule has 1 saturated carbocycles. The fourth-order valence-corrected chi connectivity index (χ4v) is 6.87. The first-order valence-electron chi connectivity index (χ1n) is 7.27. The van der Waals surface area contributed by atoms with Crippen molar-refractivity contribution in [2.24, 2.45) is 11.8 Å². The van der Waals surface area contributed by atoms with Crippen molar-refractivity contribution in [1.29, 1.82) is 0 Å².